The number of benzene rings is 2. The molecule has 4 aliphatic rings. The number of carbonyl (C=O) groups is 4. The van der Waals surface area contributed by atoms with Gasteiger partial charge in [-0.05, 0) is 98.8 Å². The molecule has 47 heavy (non-hydrogen) atoms. The number of alkyl carbamates (subject to hydrolysis) is 1. The summed E-state index contributed by atoms with van der Waals surface area (Å²) < 4.78 is 6.14. The van der Waals surface area contributed by atoms with Crippen LogP contribution in [0.15, 0.2) is 54.7 Å². The van der Waals surface area contributed by atoms with Gasteiger partial charge in [-0.15, -0.1) is 0 Å². The van der Waals surface area contributed by atoms with Crippen molar-refractivity contribution in [3.05, 3.63) is 65.9 Å². The van der Waals surface area contributed by atoms with E-state index in [1.165, 1.54) is 6.42 Å². The van der Waals surface area contributed by atoms with Gasteiger partial charge in [0, 0.05) is 42.2 Å². The van der Waals surface area contributed by atoms with E-state index in [1.807, 2.05) is 42.6 Å². The summed E-state index contributed by atoms with van der Waals surface area (Å²) in [5, 5.41) is 18.8. The number of hydrogen-bond acceptors (Lipinski definition) is 6. The van der Waals surface area contributed by atoms with Crippen LogP contribution in [0.4, 0.5) is 10.5 Å². The highest BCUT2D eigenvalue weighted by Gasteiger charge is 2.50. The van der Waals surface area contributed by atoms with Crippen molar-refractivity contribution in [2.45, 2.75) is 82.4 Å². The fraction of sp³-hybridized carbons (Fsp3) is 0.500. The second-order valence-electron chi connectivity index (χ2n) is 14.0. The maximum atomic E-state index is 13.9. The van der Waals surface area contributed by atoms with Crippen molar-refractivity contribution in [1.82, 2.24) is 15.6 Å². The zero-order valence-corrected chi connectivity index (χ0v) is 26.8. The van der Waals surface area contributed by atoms with Crippen LogP contribution < -0.4 is 21.7 Å². The molecule has 11 nitrogen and oxygen atoms in total. The Labute approximate surface area is 274 Å². The first kappa shape index (κ1) is 32.6. The summed E-state index contributed by atoms with van der Waals surface area (Å²) in [7, 11) is 0. The van der Waals surface area contributed by atoms with Crippen molar-refractivity contribution in [1.29, 1.82) is 0 Å². The van der Waals surface area contributed by atoms with Crippen LogP contribution in [0, 0.1) is 23.7 Å². The number of aromatic nitrogens is 1. The standard InChI is InChI=1S/C36H45N5O6/c1-36(19-26-20-39-30-9-5-3-7-27(26)30,41-35(46)47-32-24-15-21-14-22(17-24)18-25(32)16-21)34(45)38-13-12-23-6-2-4-8-29(23)40-31(42)11-10-28(37)33(43)44/h2-9,20-22,24-25,28,32,39H,10-19,37H2,1H3,(H,38,45)(H,40,42)(H,41,46)(H,43,44)/t21?,22?,24?,25?,28-,32?,36?/m0/s1. The van der Waals surface area contributed by atoms with Gasteiger partial charge >= 0.3 is 12.1 Å². The molecule has 4 saturated carbocycles. The maximum Gasteiger partial charge on any atom is 0.408 e. The minimum absolute atomic E-state index is 0.0208. The Bertz CT molecular complexity index is 1610. The summed E-state index contributed by atoms with van der Waals surface area (Å²) in [4.78, 5) is 54.2. The number of nitrogens with one attached hydrogen (secondary N) is 4. The van der Waals surface area contributed by atoms with Gasteiger partial charge < -0.3 is 36.5 Å². The molecule has 250 valence electrons. The van der Waals surface area contributed by atoms with Crippen LogP contribution >= 0.6 is 0 Å². The number of aromatic amines is 1. The van der Waals surface area contributed by atoms with Crippen molar-refractivity contribution in [2.24, 2.45) is 29.4 Å². The average molecular weight is 644 g/mol. The number of nitrogens with two attached hydrogens (primary N) is 1. The first-order chi connectivity index (χ1) is 22.6. The molecule has 1 heterocycles. The number of carboxylic acids is 1. The third-order valence-corrected chi connectivity index (χ3v) is 10.5. The average Bonchev–Trinajstić information content (AvgIpc) is 3.44. The lowest BCUT2D eigenvalue weighted by Crippen LogP contribution is -2.60. The van der Waals surface area contributed by atoms with E-state index >= 15 is 0 Å². The molecule has 4 fully saturated rings. The molecular formula is C36H45N5O6. The SMILES string of the molecule is CC(Cc1c[nH]c2ccccc12)(NC(=O)OC1C2CC3CC(C2)CC1C3)C(=O)NCCc1ccccc1NC(=O)CC[C@H](N)C(=O)O. The topological polar surface area (TPSA) is 176 Å². The van der Waals surface area contributed by atoms with E-state index in [4.69, 9.17) is 15.6 Å². The molecule has 0 spiro atoms. The summed E-state index contributed by atoms with van der Waals surface area (Å²) in [6.45, 7) is 1.99. The molecule has 0 radical (unpaired) electrons. The summed E-state index contributed by atoms with van der Waals surface area (Å²) in [5.41, 5.74) is 7.47. The van der Waals surface area contributed by atoms with Crippen LogP contribution in [0.3, 0.4) is 0 Å². The third kappa shape index (κ3) is 7.45. The Hall–Kier alpha value is -4.38. The number of amides is 3. The highest BCUT2D eigenvalue weighted by Crippen LogP contribution is 2.54. The van der Waals surface area contributed by atoms with Crippen molar-refractivity contribution in [2.75, 3.05) is 11.9 Å². The normalized spacial score (nSPS) is 24.7. The van der Waals surface area contributed by atoms with Gasteiger partial charge in [0.1, 0.15) is 17.7 Å². The summed E-state index contributed by atoms with van der Waals surface area (Å²) in [6, 6.07) is 14.0. The van der Waals surface area contributed by atoms with Crippen LogP contribution in [-0.4, -0.2) is 58.2 Å². The van der Waals surface area contributed by atoms with Crippen LogP contribution in [-0.2, 0) is 32.0 Å². The first-order valence-electron chi connectivity index (χ1n) is 16.8. The van der Waals surface area contributed by atoms with Gasteiger partial charge in [0.25, 0.3) is 0 Å². The third-order valence-electron chi connectivity index (χ3n) is 10.5. The molecule has 2 atom stereocenters. The maximum absolute atomic E-state index is 13.9. The minimum Gasteiger partial charge on any atom is -0.480 e. The molecule has 7 N–H and O–H groups in total. The van der Waals surface area contributed by atoms with Crippen molar-refractivity contribution >= 4 is 40.5 Å². The van der Waals surface area contributed by atoms with E-state index in [2.05, 4.69) is 20.9 Å². The number of anilines is 1. The van der Waals surface area contributed by atoms with Crippen LogP contribution in [0.2, 0.25) is 0 Å². The predicted molar refractivity (Wildman–Crippen MR) is 177 cm³/mol. The molecule has 2 aromatic carbocycles. The summed E-state index contributed by atoms with van der Waals surface area (Å²) >= 11 is 0. The zero-order valence-electron chi connectivity index (χ0n) is 26.8. The molecule has 3 amide bonds. The molecule has 11 heteroatoms. The Morgan fingerprint density at radius 2 is 1.66 bits per heavy atom. The second-order valence-corrected chi connectivity index (χ2v) is 14.0. The zero-order chi connectivity index (χ0) is 33.1. The van der Waals surface area contributed by atoms with E-state index in [0.717, 1.165) is 59.5 Å². The van der Waals surface area contributed by atoms with Crippen molar-refractivity contribution in [3.8, 4) is 0 Å². The van der Waals surface area contributed by atoms with E-state index in [1.54, 1.807) is 19.1 Å². The number of H-pyrrole nitrogens is 1. The van der Waals surface area contributed by atoms with Crippen LogP contribution in [0.1, 0.15) is 63.0 Å². The quantitative estimate of drug-likeness (QED) is 0.159. The Balaban J connectivity index is 1.11. The number of hydrogen-bond donors (Lipinski definition) is 6. The molecule has 7 rings (SSSR count). The van der Waals surface area contributed by atoms with Crippen LogP contribution in [0.25, 0.3) is 10.9 Å². The number of ether oxygens (including phenoxy) is 1. The minimum atomic E-state index is -1.30. The van der Waals surface area contributed by atoms with Gasteiger partial charge in [-0.1, -0.05) is 36.4 Å². The summed E-state index contributed by atoms with van der Waals surface area (Å²) in [5.74, 6) is 0.487. The molecule has 0 saturated heterocycles. The molecule has 4 bridgehead atoms. The molecule has 4 aliphatic carbocycles. The van der Waals surface area contributed by atoms with Gasteiger partial charge in [0.15, 0.2) is 0 Å². The molecule has 0 aliphatic heterocycles. The Morgan fingerprint density at radius 3 is 2.38 bits per heavy atom. The fourth-order valence-electron chi connectivity index (χ4n) is 8.27. The van der Waals surface area contributed by atoms with Crippen LogP contribution in [0.5, 0.6) is 0 Å². The fourth-order valence-corrected chi connectivity index (χ4v) is 8.27. The summed E-state index contributed by atoms with van der Waals surface area (Å²) in [6.07, 6.45) is 7.67. The lowest BCUT2D eigenvalue weighted by atomic mass is 9.55. The second kappa shape index (κ2) is 13.8. The molecule has 1 aromatic heterocycles. The van der Waals surface area contributed by atoms with E-state index in [-0.39, 0.29) is 43.7 Å². The van der Waals surface area contributed by atoms with Gasteiger partial charge in [-0.25, -0.2) is 4.79 Å². The number of carbonyl (C=O) groups excluding carboxylic acids is 3. The van der Waals surface area contributed by atoms with Gasteiger partial charge in [0.05, 0.1) is 0 Å². The highest BCUT2D eigenvalue weighted by atomic mass is 16.6. The molecular weight excluding hydrogens is 598 g/mol. The molecule has 3 aromatic rings. The number of para-hydroxylation sites is 2. The smallest absolute Gasteiger partial charge is 0.408 e. The lowest BCUT2D eigenvalue weighted by molar-refractivity contribution is -0.138. The lowest BCUT2D eigenvalue weighted by Gasteiger charge is -2.53. The van der Waals surface area contributed by atoms with Crippen molar-refractivity contribution < 1.29 is 29.0 Å². The number of aliphatic carboxylic acids is 1. The van der Waals surface area contributed by atoms with E-state index in [0.29, 0.717) is 23.9 Å². The molecule has 1 unspecified atom stereocenters. The van der Waals surface area contributed by atoms with Gasteiger partial charge in [-0.3, -0.25) is 14.4 Å². The first-order valence-corrected chi connectivity index (χ1v) is 16.8. The monoisotopic (exact) mass is 643 g/mol. The van der Waals surface area contributed by atoms with E-state index in [9.17, 15) is 19.2 Å². The van der Waals surface area contributed by atoms with Crippen molar-refractivity contribution in [3.63, 3.8) is 0 Å². The van der Waals surface area contributed by atoms with Gasteiger partial charge in [0.2, 0.25) is 11.8 Å². The number of rotatable bonds is 13. The largest absolute Gasteiger partial charge is 0.480 e. The highest BCUT2D eigenvalue weighted by molar-refractivity contribution is 5.93. The van der Waals surface area contributed by atoms with Gasteiger partial charge in [-0.2, -0.15) is 0 Å². The number of carboxylic acid groups (broad SMARTS) is 1. The Kier molecular flexibility index (Phi) is 9.54. The Morgan fingerprint density at radius 1 is 0.979 bits per heavy atom. The number of fused-ring (bicyclic) bond motifs is 1. The van der Waals surface area contributed by atoms with E-state index < -0.39 is 23.6 Å². The predicted octanol–water partition coefficient (Wildman–Crippen LogP) is 4.51.